The molecule has 0 atom stereocenters. The molecule has 0 aromatic rings. The van der Waals surface area contributed by atoms with E-state index in [1.807, 2.05) is 20.0 Å². The van der Waals surface area contributed by atoms with E-state index in [0.717, 1.165) is 6.04 Å². The Morgan fingerprint density at radius 1 is 1.20 bits per heavy atom. The zero-order valence-corrected chi connectivity index (χ0v) is 10.1. The van der Waals surface area contributed by atoms with E-state index in [9.17, 15) is 0 Å². The molecule has 0 amide bonds. The molecule has 0 bridgehead atoms. The van der Waals surface area contributed by atoms with Crippen molar-refractivity contribution in [1.82, 2.24) is 0 Å². The maximum atomic E-state index is 8.97. The van der Waals surface area contributed by atoms with Crippen molar-refractivity contribution < 1.29 is 37.5 Å². The Kier molecular flexibility index (Phi) is 39.0. The van der Waals surface area contributed by atoms with Crippen molar-refractivity contribution in [1.29, 1.82) is 0 Å². The monoisotopic (exact) mass is 240 g/mol. The van der Waals surface area contributed by atoms with Crippen LogP contribution < -0.4 is 0 Å². The first-order valence-corrected chi connectivity index (χ1v) is 5.44. The summed E-state index contributed by atoms with van der Waals surface area (Å²) in [6.45, 7) is 5.90. The summed E-state index contributed by atoms with van der Waals surface area (Å²) in [5.74, 6) is 0. The predicted octanol–water partition coefficient (Wildman–Crippen LogP) is 2.92. The molecule has 0 aromatic carbocycles. The minimum atomic E-state index is -1.63. The van der Waals surface area contributed by atoms with E-state index in [0.29, 0.717) is 0 Å². The maximum absolute atomic E-state index is 8.97. The van der Waals surface area contributed by atoms with Crippen LogP contribution in [0.25, 0.3) is 0 Å². The zero-order chi connectivity index (χ0) is 5.21. The van der Waals surface area contributed by atoms with E-state index < -0.39 is 8.32 Å². The van der Waals surface area contributed by atoms with Gasteiger partial charge in [0.15, 0.2) is 8.32 Å². The molecular formula is C7H23OSiY-. The molecule has 0 saturated heterocycles. The Hall–Kier alpha value is 1.28. The summed E-state index contributed by atoms with van der Waals surface area (Å²) in [7, 11) is -1.63. The molecule has 0 heterocycles. The third-order valence-corrected chi connectivity index (χ3v) is 2.60. The van der Waals surface area contributed by atoms with Crippen molar-refractivity contribution in [2.45, 2.75) is 40.9 Å². The Morgan fingerprint density at radius 2 is 1.30 bits per heavy atom. The van der Waals surface area contributed by atoms with Crippen molar-refractivity contribution in [3.63, 3.8) is 0 Å². The second-order valence-corrected chi connectivity index (χ2v) is 6.50. The minimum Gasteiger partial charge on any atom is -0.432 e. The van der Waals surface area contributed by atoms with Crippen LogP contribution in [-0.4, -0.2) is 13.1 Å². The van der Waals surface area contributed by atoms with Crippen LogP contribution in [0, 0.1) is 7.43 Å². The molecule has 0 aliphatic carbocycles. The number of hydrogen-bond acceptors (Lipinski definition) is 1. The third kappa shape index (κ3) is 34.7. The van der Waals surface area contributed by atoms with Crippen LogP contribution in [0.5, 0.6) is 0 Å². The van der Waals surface area contributed by atoms with Crippen LogP contribution in [0.4, 0.5) is 0 Å². The normalized spacial score (nSPS) is 7.20. The molecule has 1 N–H and O–H groups in total. The van der Waals surface area contributed by atoms with Crippen LogP contribution in [0.15, 0.2) is 0 Å². The SMILES string of the molecule is C.C.CC[Si](C)(C)O.[CH3-].[Y]. The van der Waals surface area contributed by atoms with E-state index in [2.05, 4.69) is 0 Å². The number of rotatable bonds is 1. The summed E-state index contributed by atoms with van der Waals surface area (Å²) in [5.41, 5.74) is 0. The van der Waals surface area contributed by atoms with Gasteiger partial charge in [-0.1, -0.05) is 21.8 Å². The smallest absolute Gasteiger partial charge is 0.182 e. The molecule has 1 nitrogen and oxygen atoms in total. The summed E-state index contributed by atoms with van der Waals surface area (Å²) in [5, 5.41) is 0. The van der Waals surface area contributed by atoms with Gasteiger partial charge in [-0.2, -0.15) is 0 Å². The van der Waals surface area contributed by atoms with Gasteiger partial charge in [0.05, 0.1) is 0 Å². The summed E-state index contributed by atoms with van der Waals surface area (Å²) >= 11 is 0. The first-order chi connectivity index (χ1) is 2.56. The second kappa shape index (κ2) is 12.9. The van der Waals surface area contributed by atoms with Crippen molar-refractivity contribution in [3.8, 4) is 0 Å². The number of hydrogen-bond donors (Lipinski definition) is 1. The van der Waals surface area contributed by atoms with Gasteiger partial charge in [0.25, 0.3) is 0 Å². The first-order valence-electron chi connectivity index (χ1n) is 2.28. The molecule has 0 fully saturated rings. The summed E-state index contributed by atoms with van der Waals surface area (Å²) in [4.78, 5) is 8.97. The molecule has 1 radical (unpaired) electrons. The van der Waals surface area contributed by atoms with Crippen molar-refractivity contribution in [2.75, 3.05) is 0 Å². The molecule has 0 spiro atoms. The molecule has 0 aliphatic rings. The fourth-order valence-corrected chi connectivity index (χ4v) is 0. The van der Waals surface area contributed by atoms with Crippen molar-refractivity contribution >= 4 is 8.32 Å². The first kappa shape index (κ1) is 30.2. The zero-order valence-electron chi connectivity index (χ0n) is 6.23. The second-order valence-electron chi connectivity index (χ2n) is 2.17. The van der Waals surface area contributed by atoms with Gasteiger partial charge < -0.3 is 12.2 Å². The van der Waals surface area contributed by atoms with Gasteiger partial charge in [-0.25, -0.2) is 0 Å². The van der Waals surface area contributed by atoms with Crippen LogP contribution >= 0.6 is 0 Å². The molecule has 65 valence electrons. The summed E-state index contributed by atoms with van der Waals surface area (Å²) in [6.07, 6.45) is 0. The molecule has 10 heavy (non-hydrogen) atoms. The van der Waals surface area contributed by atoms with Crippen LogP contribution in [-0.2, 0) is 32.7 Å². The average molecular weight is 240 g/mol. The van der Waals surface area contributed by atoms with Gasteiger partial charge in [-0.15, -0.1) is 0 Å². The van der Waals surface area contributed by atoms with E-state index in [-0.39, 0.29) is 55.0 Å². The van der Waals surface area contributed by atoms with Gasteiger partial charge in [0, 0.05) is 32.7 Å². The van der Waals surface area contributed by atoms with Crippen LogP contribution in [0.3, 0.4) is 0 Å². The summed E-state index contributed by atoms with van der Waals surface area (Å²) in [6, 6.07) is 0.965. The molecule has 0 saturated carbocycles. The van der Waals surface area contributed by atoms with E-state index in [4.69, 9.17) is 4.80 Å². The van der Waals surface area contributed by atoms with Gasteiger partial charge >= 0.3 is 0 Å². The topological polar surface area (TPSA) is 20.2 Å². The molecule has 0 unspecified atom stereocenters. The van der Waals surface area contributed by atoms with Crippen molar-refractivity contribution in [3.05, 3.63) is 7.43 Å². The fourth-order valence-electron chi connectivity index (χ4n) is 0. The van der Waals surface area contributed by atoms with Gasteiger partial charge in [-0.3, -0.25) is 0 Å². The Balaban J connectivity index is -0.0000000208. The Morgan fingerprint density at radius 3 is 1.30 bits per heavy atom. The van der Waals surface area contributed by atoms with Crippen LogP contribution in [0.1, 0.15) is 21.8 Å². The molecule has 0 aromatic heterocycles. The quantitative estimate of drug-likeness (QED) is 0.552. The van der Waals surface area contributed by atoms with E-state index in [1.54, 1.807) is 0 Å². The third-order valence-electron chi connectivity index (χ3n) is 0.865. The molecule has 3 heteroatoms. The average Bonchev–Trinajstić information content (AvgIpc) is 1.35. The van der Waals surface area contributed by atoms with Crippen LogP contribution in [0.2, 0.25) is 19.1 Å². The largest absolute Gasteiger partial charge is 0.432 e. The standard InChI is InChI=1S/C4H12OSi.2CH4.CH3.Y/c1-4-6(2,3)5;;;;/h5H,4H2,1-3H3;2*1H4;1H3;/q;;;-1;. The van der Waals surface area contributed by atoms with Gasteiger partial charge in [0.1, 0.15) is 0 Å². The maximum Gasteiger partial charge on any atom is 0.182 e. The van der Waals surface area contributed by atoms with Crippen molar-refractivity contribution in [2.24, 2.45) is 0 Å². The van der Waals surface area contributed by atoms with Gasteiger partial charge in [0.2, 0.25) is 0 Å². The Labute approximate surface area is 93.6 Å². The predicted molar refractivity (Wildman–Crippen MR) is 50.1 cm³/mol. The fraction of sp³-hybridized carbons (Fsp3) is 0.857. The summed E-state index contributed by atoms with van der Waals surface area (Å²) < 4.78 is 0. The Bertz CT molecular complexity index is 43.4. The molecule has 0 aliphatic heterocycles. The van der Waals surface area contributed by atoms with E-state index in [1.165, 1.54) is 0 Å². The molecular weight excluding hydrogens is 217 g/mol. The van der Waals surface area contributed by atoms with Gasteiger partial charge in [-0.05, 0) is 19.1 Å². The van der Waals surface area contributed by atoms with E-state index >= 15 is 0 Å². The minimum absolute atomic E-state index is 0. The molecule has 0 rings (SSSR count).